The molecule has 0 saturated heterocycles. The van der Waals surface area contributed by atoms with E-state index in [-0.39, 0.29) is 0 Å². The van der Waals surface area contributed by atoms with Crippen molar-refractivity contribution >= 4 is 0 Å². The maximum absolute atomic E-state index is 3.85. The molecule has 0 aromatic carbocycles. The Kier molecular flexibility index (Phi) is 15.0. The third kappa shape index (κ3) is 15.5. The summed E-state index contributed by atoms with van der Waals surface area (Å²) in [7, 11) is 0. The molecule has 0 unspecified atom stereocenters. The Balaban J connectivity index is 3.05. The molecule has 0 aliphatic heterocycles. The van der Waals surface area contributed by atoms with Crippen LogP contribution in [0.15, 0.2) is 24.3 Å². The van der Waals surface area contributed by atoms with E-state index in [9.17, 15) is 0 Å². The Bertz CT molecular complexity index is 176. The van der Waals surface area contributed by atoms with E-state index in [4.69, 9.17) is 0 Å². The van der Waals surface area contributed by atoms with Crippen molar-refractivity contribution in [2.75, 3.05) is 0 Å². The second kappa shape index (κ2) is 15.5. The number of rotatable bonds is 12. The topological polar surface area (TPSA) is 0 Å². The van der Waals surface area contributed by atoms with Gasteiger partial charge in [-0.1, -0.05) is 63.8 Å². The molecule has 1 radical (unpaired) electrons. The van der Waals surface area contributed by atoms with Gasteiger partial charge in [0, 0.05) is 0 Å². The van der Waals surface area contributed by atoms with Crippen molar-refractivity contribution < 1.29 is 0 Å². The summed E-state index contributed by atoms with van der Waals surface area (Å²) in [5, 5.41) is 0. The molecule has 0 aliphatic carbocycles. The standard InChI is InChI=1S/C17H31/c1-3-5-7-9-11-13-15-17-16-14-12-10-8-6-4-2/h6,8,11,13H,1,3-5,7,9-10,12,14-17H2,2H3. The molecular weight excluding hydrogens is 204 g/mol. The molecule has 0 fully saturated rings. The lowest BCUT2D eigenvalue weighted by Crippen LogP contribution is -1.77. The average Bonchev–Trinajstić information content (AvgIpc) is 2.35. The number of hydrogen-bond acceptors (Lipinski definition) is 0. The number of hydrogen-bond donors (Lipinski definition) is 0. The molecule has 0 heterocycles. The van der Waals surface area contributed by atoms with Crippen LogP contribution < -0.4 is 0 Å². The van der Waals surface area contributed by atoms with Crippen molar-refractivity contribution in [1.82, 2.24) is 0 Å². The third-order valence-corrected chi connectivity index (χ3v) is 2.93. The highest BCUT2D eigenvalue weighted by molar-refractivity contribution is 4.82. The minimum Gasteiger partial charge on any atom is -0.0888 e. The van der Waals surface area contributed by atoms with Gasteiger partial charge in [-0.3, -0.25) is 0 Å². The first-order chi connectivity index (χ1) is 8.41. The molecule has 0 aromatic heterocycles. The van der Waals surface area contributed by atoms with E-state index in [0.717, 1.165) is 6.42 Å². The molecule has 0 atom stereocenters. The van der Waals surface area contributed by atoms with Crippen LogP contribution in [0.3, 0.4) is 0 Å². The smallest absolute Gasteiger partial charge is 0.0351 e. The molecule has 99 valence electrons. The highest BCUT2D eigenvalue weighted by atomic mass is 13.9. The van der Waals surface area contributed by atoms with Gasteiger partial charge in [0.2, 0.25) is 0 Å². The van der Waals surface area contributed by atoms with Crippen molar-refractivity contribution in [1.29, 1.82) is 0 Å². The Labute approximate surface area is 109 Å². The van der Waals surface area contributed by atoms with Crippen LogP contribution >= 0.6 is 0 Å². The third-order valence-electron chi connectivity index (χ3n) is 2.93. The van der Waals surface area contributed by atoms with Crippen LogP contribution in [0, 0.1) is 6.92 Å². The first-order valence-corrected chi connectivity index (χ1v) is 7.51. The van der Waals surface area contributed by atoms with Crippen LogP contribution in [0.1, 0.15) is 77.6 Å². The van der Waals surface area contributed by atoms with E-state index in [1.807, 2.05) is 0 Å². The molecule has 0 heteroatoms. The number of unbranched alkanes of at least 4 members (excludes halogenated alkanes) is 8. The van der Waals surface area contributed by atoms with Gasteiger partial charge in [0.15, 0.2) is 0 Å². The van der Waals surface area contributed by atoms with Crippen molar-refractivity contribution in [3.63, 3.8) is 0 Å². The summed E-state index contributed by atoms with van der Waals surface area (Å²) < 4.78 is 0. The molecule has 0 aromatic rings. The van der Waals surface area contributed by atoms with Gasteiger partial charge in [-0.15, -0.1) is 0 Å². The maximum Gasteiger partial charge on any atom is -0.0351 e. The van der Waals surface area contributed by atoms with Crippen molar-refractivity contribution in [3.05, 3.63) is 31.2 Å². The zero-order valence-corrected chi connectivity index (χ0v) is 11.8. The maximum atomic E-state index is 3.85. The first-order valence-electron chi connectivity index (χ1n) is 7.51. The molecule has 0 rings (SSSR count). The van der Waals surface area contributed by atoms with Gasteiger partial charge in [0.1, 0.15) is 0 Å². The van der Waals surface area contributed by atoms with Gasteiger partial charge in [-0.25, -0.2) is 0 Å². The van der Waals surface area contributed by atoms with E-state index in [1.54, 1.807) is 0 Å². The highest BCUT2D eigenvalue weighted by Crippen LogP contribution is 2.07. The quantitative estimate of drug-likeness (QED) is 0.277. The minimum absolute atomic E-state index is 1.08. The SMILES string of the molecule is [CH2]CCCCC=CCCCCCCC=CCC. The fraction of sp³-hybridized carbons (Fsp3) is 0.706. The highest BCUT2D eigenvalue weighted by Gasteiger charge is 1.87. The van der Waals surface area contributed by atoms with Crippen molar-refractivity contribution in [3.8, 4) is 0 Å². The van der Waals surface area contributed by atoms with Crippen molar-refractivity contribution in [2.24, 2.45) is 0 Å². The molecule has 0 N–H and O–H groups in total. The van der Waals surface area contributed by atoms with Gasteiger partial charge < -0.3 is 0 Å². The predicted octanol–water partition coefficient (Wildman–Crippen LogP) is 6.24. The lowest BCUT2D eigenvalue weighted by molar-refractivity contribution is 0.651. The minimum atomic E-state index is 1.08. The summed E-state index contributed by atoms with van der Waals surface area (Å²) in [5.41, 5.74) is 0. The van der Waals surface area contributed by atoms with Gasteiger partial charge >= 0.3 is 0 Å². The second-order valence-corrected chi connectivity index (χ2v) is 4.69. The van der Waals surface area contributed by atoms with Gasteiger partial charge in [0.25, 0.3) is 0 Å². The van der Waals surface area contributed by atoms with Crippen LogP contribution in [-0.4, -0.2) is 0 Å². The largest absolute Gasteiger partial charge is 0.0888 e. The van der Waals surface area contributed by atoms with Gasteiger partial charge in [-0.2, -0.15) is 0 Å². The van der Waals surface area contributed by atoms with Crippen LogP contribution in [0.25, 0.3) is 0 Å². The zero-order valence-electron chi connectivity index (χ0n) is 11.8. The van der Waals surface area contributed by atoms with E-state index >= 15 is 0 Å². The molecule has 0 saturated carbocycles. The Hall–Kier alpha value is -0.520. The molecule has 0 amide bonds. The molecule has 0 spiro atoms. The van der Waals surface area contributed by atoms with E-state index in [1.165, 1.54) is 64.2 Å². The second-order valence-electron chi connectivity index (χ2n) is 4.69. The van der Waals surface area contributed by atoms with E-state index in [2.05, 4.69) is 38.2 Å². The lowest BCUT2D eigenvalue weighted by Gasteiger charge is -1.97. The number of allylic oxidation sites excluding steroid dienone is 4. The summed E-state index contributed by atoms with van der Waals surface area (Å²) in [4.78, 5) is 0. The summed E-state index contributed by atoms with van der Waals surface area (Å²) in [5.74, 6) is 0. The Morgan fingerprint density at radius 2 is 1.12 bits per heavy atom. The monoisotopic (exact) mass is 235 g/mol. The average molecular weight is 235 g/mol. The molecule has 17 heavy (non-hydrogen) atoms. The van der Waals surface area contributed by atoms with Crippen molar-refractivity contribution in [2.45, 2.75) is 77.6 Å². The fourth-order valence-corrected chi connectivity index (χ4v) is 1.84. The first kappa shape index (κ1) is 16.5. The molecule has 0 aliphatic rings. The van der Waals surface area contributed by atoms with Gasteiger partial charge in [-0.05, 0) is 44.9 Å². The predicted molar refractivity (Wildman–Crippen MR) is 80.1 cm³/mol. The lowest BCUT2D eigenvalue weighted by atomic mass is 10.1. The van der Waals surface area contributed by atoms with Gasteiger partial charge in [0.05, 0.1) is 0 Å². The summed E-state index contributed by atoms with van der Waals surface area (Å²) in [6.07, 6.45) is 23.5. The van der Waals surface area contributed by atoms with Crippen LogP contribution in [0.5, 0.6) is 0 Å². The zero-order chi connectivity index (χ0) is 12.6. The van der Waals surface area contributed by atoms with E-state index < -0.39 is 0 Å². The van der Waals surface area contributed by atoms with Crippen LogP contribution in [-0.2, 0) is 0 Å². The van der Waals surface area contributed by atoms with E-state index in [0.29, 0.717) is 0 Å². The summed E-state index contributed by atoms with van der Waals surface area (Å²) in [6.45, 7) is 6.05. The molecule has 0 nitrogen and oxygen atoms in total. The summed E-state index contributed by atoms with van der Waals surface area (Å²) >= 11 is 0. The normalized spacial score (nSPS) is 11.9. The summed E-state index contributed by atoms with van der Waals surface area (Å²) in [6, 6.07) is 0. The molecular formula is C17H31. The van der Waals surface area contributed by atoms with Crippen LogP contribution in [0.4, 0.5) is 0 Å². The fourth-order valence-electron chi connectivity index (χ4n) is 1.84. The van der Waals surface area contributed by atoms with Crippen LogP contribution in [0.2, 0.25) is 0 Å². The Morgan fingerprint density at radius 3 is 1.59 bits per heavy atom. The molecule has 0 bridgehead atoms. The Morgan fingerprint density at radius 1 is 0.647 bits per heavy atom.